The Labute approximate surface area is 101 Å². The molecule has 0 radical (unpaired) electrons. The molecule has 1 aromatic rings. The molecule has 0 saturated heterocycles. The minimum Gasteiger partial charge on any atom is -0.497 e. The van der Waals surface area contributed by atoms with Crippen molar-refractivity contribution in [2.75, 3.05) is 13.7 Å². The van der Waals surface area contributed by atoms with Crippen molar-refractivity contribution in [3.63, 3.8) is 0 Å². The van der Waals surface area contributed by atoms with Crippen molar-refractivity contribution in [3.05, 3.63) is 29.8 Å². The minimum atomic E-state index is -0.0755. The van der Waals surface area contributed by atoms with Gasteiger partial charge in [0.05, 0.1) is 7.11 Å². The summed E-state index contributed by atoms with van der Waals surface area (Å²) in [7, 11) is 1.66. The molecular weight excluding hydrogens is 216 g/mol. The summed E-state index contributed by atoms with van der Waals surface area (Å²) in [6.45, 7) is 2.57. The van der Waals surface area contributed by atoms with E-state index in [1.807, 2.05) is 19.1 Å². The highest BCUT2D eigenvalue weighted by Gasteiger charge is 2.39. The van der Waals surface area contributed by atoms with Crippen molar-refractivity contribution in [1.82, 2.24) is 10.6 Å². The number of benzene rings is 1. The van der Waals surface area contributed by atoms with Gasteiger partial charge in [0.25, 0.3) is 0 Å². The van der Waals surface area contributed by atoms with E-state index in [9.17, 15) is 4.79 Å². The van der Waals surface area contributed by atoms with Crippen LogP contribution in [0.1, 0.15) is 24.8 Å². The Bertz CT molecular complexity index is 389. The molecule has 1 aliphatic rings. The standard InChI is InChI=1S/C13H18N2O2/c1-3-14-13(16)15-12-8-11(12)9-4-6-10(17-2)7-5-9/h4-7,11-12H,3,8H2,1-2H3,(H2,14,15,16)/t11-,12+/m1/s1. The van der Waals surface area contributed by atoms with Gasteiger partial charge in [-0.3, -0.25) is 0 Å². The van der Waals surface area contributed by atoms with Crippen LogP contribution in [0.3, 0.4) is 0 Å². The SMILES string of the molecule is CCNC(=O)N[C@H]1C[C@@H]1c1ccc(OC)cc1. The van der Waals surface area contributed by atoms with Gasteiger partial charge in [-0.15, -0.1) is 0 Å². The first-order valence-electron chi connectivity index (χ1n) is 5.93. The van der Waals surface area contributed by atoms with Crippen LogP contribution in [0.2, 0.25) is 0 Å². The maximum atomic E-state index is 11.3. The number of urea groups is 1. The maximum Gasteiger partial charge on any atom is 0.315 e. The predicted molar refractivity (Wildman–Crippen MR) is 66.3 cm³/mol. The molecule has 2 atom stereocenters. The van der Waals surface area contributed by atoms with E-state index in [4.69, 9.17) is 4.74 Å². The fraction of sp³-hybridized carbons (Fsp3) is 0.462. The Hall–Kier alpha value is -1.71. The zero-order valence-corrected chi connectivity index (χ0v) is 10.2. The molecule has 0 bridgehead atoms. The summed E-state index contributed by atoms with van der Waals surface area (Å²) in [6, 6.07) is 8.22. The molecule has 0 heterocycles. The summed E-state index contributed by atoms with van der Waals surface area (Å²) in [5.74, 6) is 1.31. The van der Waals surface area contributed by atoms with E-state index in [-0.39, 0.29) is 12.1 Å². The van der Waals surface area contributed by atoms with Crippen molar-refractivity contribution >= 4 is 6.03 Å². The Balaban J connectivity index is 1.87. The monoisotopic (exact) mass is 234 g/mol. The highest BCUT2D eigenvalue weighted by Crippen LogP contribution is 2.41. The quantitative estimate of drug-likeness (QED) is 0.835. The molecule has 1 aliphatic carbocycles. The van der Waals surface area contributed by atoms with Crippen molar-refractivity contribution in [2.45, 2.75) is 25.3 Å². The van der Waals surface area contributed by atoms with Crippen LogP contribution in [0.15, 0.2) is 24.3 Å². The van der Waals surface area contributed by atoms with Gasteiger partial charge in [0.2, 0.25) is 0 Å². The average molecular weight is 234 g/mol. The van der Waals surface area contributed by atoms with E-state index in [1.165, 1.54) is 5.56 Å². The number of carbonyl (C=O) groups is 1. The lowest BCUT2D eigenvalue weighted by molar-refractivity contribution is 0.241. The fourth-order valence-electron chi connectivity index (χ4n) is 1.95. The second-order valence-electron chi connectivity index (χ2n) is 4.23. The smallest absolute Gasteiger partial charge is 0.315 e. The zero-order valence-electron chi connectivity index (χ0n) is 10.2. The molecule has 0 aliphatic heterocycles. The Kier molecular flexibility index (Phi) is 3.52. The number of carbonyl (C=O) groups excluding carboxylic acids is 1. The molecule has 2 amide bonds. The molecule has 2 N–H and O–H groups in total. The first kappa shape index (κ1) is 11.8. The van der Waals surface area contributed by atoms with Crippen LogP contribution in [0.4, 0.5) is 4.79 Å². The van der Waals surface area contributed by atoms with Gasteiger partial charge < -0.3 is 15.4 Å². The molecule has 1 aromatic carbocycles. The van der Waals surface area contributed by atoms with Gasteiger partial charge in [0.1, 0.15) is 5.75 Å². The number of amides is 2. The average Bonchev–Trinajstić information content (AvgIpc) is 3.09. The van der Waals surface area contributed by atoms with Gasteiger partial charge in [0.15, 0.2) is 0 Å². The van der Waals surface area contributed by atoms with Crippen molar-refractivity contribution in [3.8, 4) is 5.75 Å². The van der Waals surface area contributed by atoms with Crippen LogP contribution in [-0.4, -0.2) is 25.7 Å². The topological polar surface area (TPSA) is 50.4 Å². The van der Waals surface area contributed by atoms with Crippen LogP contribution in [0.25, 0.3) is 0 Å². The van der Waals surface area contributed by atoms with Gasteiger partial charge in [-0.25, -0.2) is 4.79 Å². The summed E-state index contributed by atoms with van der Waals surface area (Å²) >= 11 is 0. The van der Waals surface area contributed by atoms with Crippen LogP contribution < -0.4 is 15.4 Å². The summed E-state index contributed by atoms with van der Waals surface area (Å²) < 4.78 is 5.11. The fourth-order valence-corrected chi connectivity index (χ4v) is 1.95. The lowest BCUT2D eigenvalue weighted by Gasteiger charge is -2.06. The highest BCUT2D eigenvalue weighted by molar-refractivity contribution is 5.74. The van der Waals surface area contributed by atoms with E-state index in [1.54, 1.807) is 7.11 Å². The Morgan fingerprint density at radius 1 is 1.41 bits per heavy atom. The van der Waals surface area contributed by atoms with Crippen LogP contribution in [0, 0.1) is 0 Å². The van der Waals surface area contributed by atoms with Crippen LogP contribution >= 0.6 is 0 Å². The van der Waals surface area contributed by atoms with E-state index in [0.717, 1.165) is 12.2 Å². The van der Waals surface area contributed by atoms with Crippen molar-refractivity contribution < 1.29 is 9.53 Å². The third-order valence-electron chi connectivity index (χ3n) is 2.99. The first-order chi connectivity index (χ1) is 8.24. The normalized spacial score (nSPS) is 21.8. The molecule has 0 spiro atoms. The van der Waals surface area contributed by atoms with Gasteiger partial charge >= 0.3 is 6.03 Å². The largest absolute Gasteiger partial charge is 0.497 e. The highest BCUT2D eigenvalue weighted by atomic mass is 16.5. The summed E-state index contributed by atoms with van der Waals surface area (Å²) in [6.07, 6.45) is 1.02. The van der Waals surface area contributed by atoms with E-state index < -0.39 is 0 Å². The lowest BCUT2D eigenvalue weighted by Crippen LogP contribution is -2.37. The molecule has 92 valence electrons. The van der Waals surface area contributed by atoms with Gasteiger partial charge in [-0.2, -0.15) is 0 Å². The van der Waals surface area contributed by atoms with Crippen LogP contribution in [-0.2, 0) is 0 Å². The number of hydrogen-bond acceptors (Lipinski definition) is 2. The molecule has 4 heteroatoms. The molecule has 4 nitrogen and oxygen atoms in total. The molecule has 1 fully saturated rings. The third-order valence-corrected chi connectivity index (χ3v) is 2.99. The summed E-state index contributed by atoms with van der Waals surface area (Å²) in [5, 5.41) is 5.69. The number of hydrogen-bond donors (Lipinski definition) is 2. The number of methoxy groups -OCH3 is 1. The van der Waals surface area contributed by atoms with E-state index in [0.29, 0.717) is 12.5 Å². The number of ether oxygens (including phenoxy) is 1. The molecule has 2 rings (SSSR count). The van der Waals surface area contributed by atoms with Crippen molar-refractivity contribution in [1.29, 1.82) is 0 Å². The van der Waals surface area contributed by atoms with E-state index >= 15 is 0 Å². The molecule has 0 aromatic heterocycles. The zero-order chi connectivity index (χ0) is 12.3. The molecular formula is C13H18N2O2. The molecule has 1 saturated carbocycles. The Morgan fingerprint density at radius 3 is 2.71 bits per heavy atom. The maximum absolute atomic E-state index is 11.3. The second kappa shape index (κ2) is 5.08. The predicted octanol–water partition coefficient (Wildman–Crippen LogP) is 1.87. The van der Waals surface area contributed by atoms with Crippen molar-refractivity contribution in [2.24, 2.45) is 0 Å². The third kappa shape index (κ3) is 2.90. The number of rotatable bonds is 4. The minimum absolute atomic E-state index is 0.0755. The van der Waals surface area contributed by atoms with E-state index in [2.05, 4.69) is 22.8 Å². The van der Waals surface area contributed by atoms with Gasteiger partial charge in [0, 0.05) is 18.5 Å². The number of nitrogens with one attached hydrogen (secondary N) is 2. The first-order valence-corrected chi connectivity index (χ1v) is 5.93. The molecule has 0 unspecified atom stereocenters. The van der Waals surface area contributed by atoms with Crippen LogP contribution in [0.5, 0.6) is 5.75 Å². The second-order valence-corrected chi connectivity index (χ2v) is 4.23. The summed E-state index contributed by atoms with van der Waals surface area (Å²) in [5.41, 5.74) is 1.26. The summed E-state index contributed by atoms with van der Waals surface area (Å²) in [4.78, 5) is 11.3. The Morgan fingerprint density at radius 2 is 2.12 bits per heavy atom. The van der Waals surface area contributed by atoms with Gasteiger partial charge in [-0.1, -0.05) is 12.1 Å². The molecule has 17 heavy (non-hydrogen) atoms. The lowest BCUT2D eigenvalue weighted by atomic mass is 10.1. The van der Waals surface area contributed by atoms with Gasteiger partial charge in [-0.05, 0) is 31.0 Å².